The predicted molar refractivity (Wildman–Crippen MR) is 111 cm³/mol. The van der Waals surface area contributed by atoms with Gasteiger partial charge in [-0.1, -0.05) is 23.4 Å². The normalized spacial score (nSPS) is 11.5. The largest absolute Gasteiger partial charge is 0.497 e. The van der Waals surface area contributed by atoms with E-state index in [2.05, 4.69) is 25.3 Å². The van der Waals surface area contributed by atoms with Gasteiger partial charge in [0.15, 0.2) is 23.7 Å². The van der Waals surface area contributed by atoms with E-state index in [-0.39, 0.29) is 6.61 Å². The van der Waals surface area contributed by atoms with Gasteiger partial charge in [0, 0.05) is 0 Å². The number of para-hydroxylation sites is 1. The van der Waals surface area contributed by atoms with Gasteiger partial charge in [0.05, 0.1) is 30.6 Å². The van der Waals surface area contributed by atoms with Gasteiger partial charge in [-0.3, -0.25) is 0 Å². The van der Waals surface area contributed by atoms with E-state index in [0.29, 0.717) is 17.1 Å². The fourth-order valence-corrected chi connectivity index (χ4v) is 3.07. The lowest BCUT2D eigenvalue weighted by Crippen LogP contribution is -1.98. The number of nitrogens with zero attached hydrogens (tertiary/aromatic N) is 7. The van der Waals surface area contributed by atoms with Crippen LogP contribution in [0.2, 0.25) is 0 Å². The summed E-state index contributed by atoms with van der Waals surface area (Å²) in [7, 11) is 1.63. The Morgan fingerprint density at radius 1 is 1.03 bits per heavy atom. The van der Waals surface area contributed by atoms with E-state index in [1.807, 2.05) is 54.6 Å². The Morgan fingerprint density at radius 2 is 1.87 bits per heavy atom. The van der Waals surface area contributed by atoms with E-state index in [9.17, 15) is 0 Å². The van der Waals surface area contributed by atoms with Crippen LogP contribution in [0.15, 0.2) is 72.3 Å². The van der Waals surface area contributed by atoms with Crippen LogP contribution in [0.4, 0.5) is 0 Å². The molecule has 0 bridgehead atoms. The Hall–Kier alpha value is -4.27. The Balaban J connectivity index is 1.35. The number of rotatable bonds is 6. The van der Waals surface area contributed by atoms with Gasteiger partial charge in [0.1, 0.15) is 12.1 Å². The van der Waals surface area contributed by atoms with E-state index >= 15 is 0 Å². The second-order valence-electron chi connectivity index (χ2n) is 6.45. The van der Waals surface area contributed by atoms with Gasteiger partial charge < -0.3 is 9.57 Å². The third-order valence-corrected chi connectivity index (χ3v) is 4.54. The topological polar surface area (TPSA) is 91.7 Å². The van der Waals surface area contributed by atoms with Crippen LogP contribution in [0.1, 0.15) is 11.4 Å². The molecule has 0 spiro atoms. The molecule has 3 aromatic heterocycles. The van der Waals surface area contributed by atoms with Crippen molar-refractivity contribution < 1.29 is 9.57 Å². The molecule has 0 aliphatic heterocycles. The SMILES string of the molecule is COc1ccc(C=NOCc2nc3c4cnn(-c5ccccc5)c4ncn3n2)cc1. The van der Waals surface area contributed by atoms with Crippen LogP contribution in [0.3, 0.4) is 0 Å². The molecule has 2 aromatic carbocycles. The molecule has 0 atom stereocenters. The van der Waals surface area contributed by atoms with Crippen molar-refractivity contribution in [2.24, 2.45) is 5.16 Å². The van der Waals surface area contributed by atoms with Crippen molar-refractivity contribution in [3.63, 3.8) is 0 Å². The second-order valence-corrected chi connectivity index (χ2v) is 6.45. The van der Waals surface area contributed by atoms with Crippen molar-refractivity contribution in [1.29, 1.82) is 0 Å². The number of ether oxygens (including phenoxy) is 1. The highest BCUT2D eigenvalue weighted by Crippen LogP contribution is 2.19. The summed E-state index contributed by atoms with van der Waals surface area (Å²) in [5.41, 5.74) is 3.21. The first kappa shape index (κ1) is 17.8. The zero-order chi connectivity index (χ0) is 20.3. The first-order valence-corrected chi connectivity index (χ1v) is 9.24. The summed E-state index contributed by atoms with van der Waals surface area (Å²) in [5, 5.41) is 13.6. The zero-order valence-corrected chi connectivity index (χ0v) is 16.1. The summed E-state index contributed by atoms with van der Waals surface area (Å²) < 4.78 is 8.53. The zero-order valence-electron chi connectivity index (χ0n) is 16.1. The van der Waals surface area contributed by atoms with Gasteiger partial charge >= 0.3 is 0 Å². The highest BCUT2D eigenvalue weighted by Gasteiger charge is 2.13. The molecule has 5 aromatic rings. The maximum absolute atomic E-state index is 5.35. The fraction of sp³-hybridized carbons (Fsp3) is 0.0952. The monoisotopic (exact) mass is 399 g/mol. The molecule has 0 saturated carbocycles. The van der Waals surface area contributed by atoms with Gasteiger partial charge in [-0.15, -0.1) is 5.10 Å². The minimum absolute atomic E-state index is 0.142. The summed E-state index contributed by atoms with van der Waals surface area (Å²) in [6, 6.07) is 17.3. The van der Waals surface area contributed by atoms with Gasteiger partial charge in [0.2, 0.25) is 0 Å². The summed E-state index contributed by atoms with van der Waals surface area (Å²) >= 11 is 0. The average Bonchev–Trinajstić information content (AvgIpc) is 3.41. The number of oxime groups is 1. The third kappa shape index (κ3) is 3.32. The maximum Gasteiger partial charge on any atom is 0.192 e. The lowest BCUT2D eigenvalue weighted by Gasteiger charge is -2.01. The molecule has 0 aliphatic rings. The number of benzene rings is 2. The minimum atomic E-state index is 0.142. The highest BCUT2D eigenvalue weighted by atomic mass is 16.6. The lowest BCUT2D eigenvalue weighted by molar-refractivity contribution is 0.126. The first-order valence-electron chi connectivity index (χ1n) is 9.24. The van der Waals surface area contributed by atoms with Crippen LogP contribution in [-0.2, 0) is 11.4 Å². The van der Waals surface area contributed by atoms with Crippen LogP contribution >= 0.6 is 0 Å². The molecule has 0 aliphatic carbocycles. The third-order valence-electron chi connectivity index (χ3n) is 4.54. The molecular weight excluding hydrogens is 382 g/mol. The van der Waals surface area contributed by atoms with E-state index in [0.717, 1.165) is 22.4 Å². The van der Waals surface area contributed by atoms with E-state index in [4.69, 9.17) is 9.57 Å². The molecule has 30 heavy (non-hydrogen) atoms. The highest BCUT2D eigenvalue weighted by molar-refractivity contribution is 5.89. The number of aromatic nitrogens is 6. The van der Waals surface area contributed by atoms with Crippen molar-refractivity contribution in [3.05, 3.63) is 78.5 Å². The van der Waals surface area contributed by atoms with Crippen molar-refractivity contribution in [3.8, 4) is 11.4 Å². The quantitative estimate of drug-likeness (QED) is 0.322. The molecule has 148 valence electrons. The van der Waals surface area contributed by atoms with Crippen molar-refractivity contribution in [1.82, 2.24) is 29.4 Å². The molecule has 9 heteroatoms. The molecule has 9 nitrogen and oxygen atoms in total. The number of fused-ring (bicyclic) bond motifs is 3. The summed E-state index contributed by atoms with van der Waals surface area (Å²) in [4.78, 5) is 14.4. The first-order chi connectivity index (χ1) is 14.8. The van der Waals surface area contributed by atoms with Crippen LogP contribution in [0.25, 0.3) is 22.4 Å². The molecule has 0 unspecified atom stereocenters. The molecule has 5 rings (SSSR count). The minimum Gasteiger partial charge on any atom is -0.497 e. The van der Waals surface area contributed by atoms with Crippen molar-refractivity contribution in [2.45, 2.75) is 6.61 Å². The molecular formula is C21H17N7O2. The predicted octanol–water partition coefficient (Wildman–Crippen LogP) is 3.02. The Bertz CT molecular complexity index is 1320. The molecule has 0 radical (unpaired) electrons. The van der Waals surface area contributed by atoms with Crippen LogP contribution < -0.4 is 4.74 Å². The second kappa shape index (κ2) is 7.63. The Labute approximate surface area is 171 Å². The van der Waals surface area contributed by atoms with Crippen molar-refractivity contribution >= 4 is 22.9 Å². The molecule has 0 saturated heterocycles. The lowest BCUT2D eigenvalue weighted by atomic mass is 10.2. The molecule has 0 N–H and O–H groups in total. The number of hydrogen-bond acceptors (Lipinski definition) is 7. The molecule has 0 fully saturated rings. The Kier molecular flexibility index (Phi) is 4.53. The van der Waals surface area contributed by atoms with E-state index in [1.54, 1.807) is 35.0 Å². The standard InChI is InChI=1S/C21H17N7O2/c1-29-17-9-7-15(8-10-17)11-24-30-13-19-25-21-18-12-23-28(16-5-3-2-4-6-16)20(18)22-14-27(21)26-19/h2-12,14H,13H2,1H3. The van der Waals surface area contributed by atoms with E-state index in [1.165, 1.54) is 0 Å². The number of methoxy groups -OCH3 is 1. The Morgan fingerprint density at radius 3 is 2.67 bits per heavy atom. The number of hydrogen-bond donors (Lipinski definition) is 0. The summed E-state index contributed by atoms with van der Waals surface area (Å²) in [6.45, 7) is 0.142. The van der Waals surface area contributed by atoms with Gasteiger partial charge in [0.25, 0.3) is 0 Å². The van der Waals surface area contributed by atoms with Gasteiger partial charge in [-0.2, -0.15) is 5.10 Å². The molecule has 0 amide bonds. The molecule has 3 heterocycles. The van der Waals surface area contributed by atoms with Gasteiger partial charge in [-0.25, -0.2) is 19.2 Å². The maximum atomic E-state index is 5.35. The smallest absolute Gasteiger partial charge is 0.192 e. The average molecular weight is 399 g/mol. The van der Waals surface area contributed by atoms with Crippen molar-refractivity contribution in [2.75, 3.05) is 7.11 Å². The van der Waals surface area contributed by atoms with Crippen LogP contribution in [-0.4, -0.2) is 42.7 Å². The van der Waals surface area contributed by atoms with Gasteiger partial charge in [-0.05, 0) is 42.0 Å². The summed E-state index contributed by atoms with van der Waals surface area (Å²) in [6.07, 6.45) is 4.99. The summed E-state index contributed by atoms with van der Waals surface area (Å²) in [5.74, 6) is 1.29. The van der Waals surface area contributed by atoms with E-state index < -0.39 is 0 Å². The van der Waals surface area contributed by atoms with Crippen LogP contribution in [0.5, 0.6) is 5.75 Å². The van der Waals surface area contributed by atoms with Crippen LogP contribution in [0, 0.1) is 0 Å². The fourth-order valence-electron chi connectivity index (χ4n) is 3.07.